The number of benzene rings is 1. The van der Waals surface area contributed by atoms with Gasteiger partial charge in [0.15, 0.2) is 11.5 Å². The van der Waals surface area contributed by atoms with Gasteiger partial charge < -0.3 is 20.1 Å². The molecular weight excluding hydrogens is 246 g/mol. The molecule has 1 aromatic heterocycles. The van der Waals surface area contributed by atoms with Crippen molar-refractivity contribution in [2.45, 2.75) is 6.54 Å². The molecule has 0 aliphatic carbocycles. The minimum absolute atomic E-state index is 0.0960. The number of phenolic OH excluding ortho intramolecular Hbond substituents is 1. The van der Waals surface area contributed by atoms with Gasteiger partial charge >= 0.3 is 0 Å². The molecule has 2 rings (SSSR count). The fraction of sp³-hybridized carbons (Fsp3) is 0.200. The normalized spacial score (nSPS) is 10.5. The van der Waals surface area contributed by atoms with Gasteiger partial charge in [0.2, 0.25) is 11.7 Å². The Morgan fingerprint density at radius 3 is 2.88 bits per heavy atom. The zero-order chi connectivity index (χ0) is 12.4. The highest BCUT2D eigenvalue weighted by molar-refractivity contribution is 6.31. The van der Waals surface area contributed by atoms with Gasteiger partial charge in [-0.05, 0) is 6.07 Å². The number of phenols is 1. The summed E-state index contributed by atoms with van der Waals surface area (Å²) in [7, 11) is 1.43. The van der Waals surface area contributed by atoms with E-state index in [-0.39, 0.29) is 29.8 Å². The van der Waals surface area contributed by atoms with E-state index in [1.807, 2.05) is 0 Å². The number of hydrogen-bond acceptors (Lipinski definition) is 6. The second kappa shape index (κ2) is 4.60. The molecule has 6 nitrogen and oxygen atoms in total. The van der Waals surface area contributed by atoms with Gasteiger partial charge in [-0.15, -0.1) is 0 Å². The van der Waals surface area contributed by atoms with Gasteiger partial charge in [-0.1, -0.05) is 16.8 Å². The van der Waals surface area contributed by atoms with Gasteiger partial charge in [-0.2, -0.15) is 4.98 Å². The van der Waals surface area contributed by atoms with Crippen LogP contribution in [-0.2, 0) is 6.54 Å². The van der Waals surface area contributed by atoms with Gasteiger partial charge in [0.25, 0.3) is 0 Å². The van der Waals surface area contributed by atoms with Crippen molar-refractivity contribution in [3.05, 3.63) is 23.0 Å². The summed E-state index contributed by atoms with van der Waals surface area (Å²) in [4.78, 5) is 4.00. The molecule has 0 spiro atoms. The van der Waals surface area contributed by atoms with Crippen LogP contribution in [-0.4, -0.2) is 22.4 Å². The number of nitrogens with two attached hydrogens (primary N) is 1. The van der Waals surface area contributed by atoms with Crippen molar-refractivity contribution in [1.82, 2.24) is 10.1 Å². The Hall–Kier alpha value is -1.79. The van der Waals surface area contributed by atoms with Crippen molar-refractivity contribution in [2.75, 3.05) is 7.11 Å². The molecule has 0 amide bonds. The first-order valence-electron chi connectivity index (χ1n) is 4.75. The third kappa shape index (κ3) is 2.17. The SMILES string of the molecule is COc1cc(Cl)cc(-c2noc(CN)n2)c1O. The third-order valence-electron chi connectivity index (χ3n) is 2.14. The molecule has 0 aliphatic rings. The summed E-state index contributed by atoms with van der Waals surface area (Å²) >= 11 is 5.89. The van der Waals surface area contributed by atoms with Crippen LogP contribution in [0, 0.1) is 0 Å². The molecule has 17 heavy (non-hydrogen) atoms. The predicted molar refractivity (Wildman–Crippen MR) is 60.9 cm³/mol. The minimum Gasteiger partial charge on any atom is -0.504 e. The first-order chi connectivity index (χ1) is 8.15. The van der Waals surface area contributed by atoms with E-state index in [1.54, 1.807) is 0 Å². The lowest BCUT2D eigenvalue weighted by atomic mass is 10.1. The zero-order valence-corrected chi connectivity index (χ0v) is 9.73. The average molecular weight is 256 g/mol. The van der Waals surface area contributed by atoms with E-state index < -0.39 is 0 Å². The molecule has 7 heteroatoms. The summed E-state index contributed by atoms with van der Waals surface area (Å²) in [6.07, 6.45) is 0. The maximum absolute atomic E-state index is 9.91. The molecule has 0 fully saturated rings. The van der Waals surface area contributed by atoms with Crippen molar-refractivity contribution in [3.63, 3.8) is 0 Å². The molecule has 0 atom stereocenters. The van der Waals surface area contributed by atoms with E-state index in [0.29, 0.717) is 10.6 Å². The number of aromatic hydroxyl groups is 1. The van der Waals surface area contributed by atoms with Gasteiger partial charge in [-0.25, -0.2) is 0 Å². The molecule has 0 aliphatic heterocycles. The number of hydrogen-bond donors (Lipinski definition) is 2. The van der Waals surface area contributed by atoms with Crippen LogP contribution in [0.5, 0.6) is 11.5 Å². The van der Waals surface area contributed by atoms with Crippen molar-refractivity contribution < 1.29 is 14.4 Å². The first-order valence-corrected chi connectivity index (χ1v) is 5.13. The number of aromatic nitrogens is 2. The number of halogens is 1. The minimum atomic E-state index is -0.0960. The third-order valence-corrected chi connectivity index (χ3v) is 2.36. The molecule has 1 heterocycles. The summed E-state index contributed by atoms with van der Waals surface area (Å²) in [6.45, 7) is 0.130. The molecule has 0 saturated carbocycles. The van der Waals surface area contributed by atoms with Crippen LogP contribution >= 0.6 is 11.6 Å². The van der Waals surface area contributed by atoms with Crippen LogP contribution in [0.3, 0.4) is 0 Å². The monoisotopic (exact) mass is 255 g/mol. The second-order valence-corrected chi connectivity index (χ2v) is 3.66. The van der Waals surface area contributed by atoms with E-state index in [0.717, 1.165) is 0 Å². The van der Waals surface area contributed by atoms with Crippen LogP contribution in [0.4, 0.5) is 0 Å². The van der Waals surface area contributed by atoms with E-state index in [2.05, 4.69) is 10.1 Å². The molecule has 2 aromatic rings. The lowest BCUT2D eigenvalue weighted by molar-refractivity contribution is 0.372. The molecule has 1 aromatic carbocycles. The summed E-state index contributed by atoms with van der Waals surface area (Å²) in [5.74, 6) is 0.634. The van der Waals surface area contributed by atoms with Crippen LogP contribution in [0.1, 0.15) is 5.89 Å². The Kier molecular flexibility index (Phi) is 3.16. The first kappa shape index (κ1) is 11.7. The molecule has 0 radical (unpaired) electrons. The molecule has 90 valence electrons. The number of nitrogens with zero attached hydrogens (tertiary/aromatic N) is 2. The smallest absolute Gasteiger partial charge is 0.240 e. The van der Waals surface area contributed by atoms with E-state index >= 15 is 0 Å². The Morgan fingerprint density at radius 1 is 1.53 bits per heavy atom. The second-order valence-electron chi connectivity index (χ2n) is 3.22. The van der Waals surface area contributed by atoms with Gasteiger partial charge in [-0.3, -0.25) is 0 Å². The summed E-state index contributed by atoms with van der Waals surface area (Å²) < 4.78 is 9.83. The Labute approximate surface area is 102 Å². The summed E-state index contributed by atoms with van der Waals surface area (Å²) in [6, 6.07) is 3.01. The lowest BCUT2D eigenvalue weighted by Crippen LogP contribution is -1.95. The standard InChI is InChI=1S/C10H10ClN3O3/c1-16-7-3-5(11)2-6(9(7)15)10-13-8(4-12)17-14-10/h2-3,15H,4,12H2,1H3. The Morgan fingerprint density at radius 2 is 2.29 bits per heavy atom. The maximum Gasteiger partial charge on any atom is 0.240 e. The molecule has 0 unspecified atom stereocenters. The fourth-order valence-electron chi connectivity index (χ4n) is 1.35. The van der Waals surface area contributed by atoms with Crippen molar-refractivity contribution in [1.29, 1.82) is 0 Å². The predicted octanol–water partition coefficient (Wildman–Crippen LogP) is 1.56. The van der Waals surface area contributed by atoms with E-state index in [9.17, 15) is 5.11 Å². The average Bonchev–Trinajstić information content (AvgIpc) is 2.80. The van der Waals surface area contributed by atoms with Crippen LogP contribution in [0.15, 0.2) is 16.7 Å². The highest BCUT2D eigenvalue weighted by Gasteiger charge is 2.16. The Bertz CT molecular complexity index is 542. The van der Waals surface area contributed by atoms with Crippen molar-refractivity contribution in [3.8, 4) is 22.9 Å². The number of methoxy groups -OCH3 is 1. The van der Waals surface area contributed by atoms with Crippen LogP contribution < -0.4 is 10.5 Å². The van der Waals surface area contributed by atoms with Crippen LogP contribution in [0.25, 0.3) is 11.4 Å². The highest BCUT2D eigenvalue weighted by atomic mass is 35.5. The quantitative estimate of drug-likeness (QED) is 0.864. The topological polar surface area (TPSA) is 94.4 Å². The van der Waals surface area contributed by atoms with Crippen LogP contribution in [0.2, 0.25) is 5.02 Å². The molecule has 0 saturated heterocycles. The summed E-state index contributed by atoms with van der Waals surface area (Å²) in [5, 5.41) is 14.0. The number of ether oxygens (including phenoxy) is 1. The van der Waals surface area contributed by atoms with Gasteiger partial charge in [0.1, 0.15) is 0 Å². The van der Waals surface area contributed by atoms with Crippen molar-refractivity contribution in [2.24, 2.45) is 5.73 Å². The van der Waals surface area contributed by atoms with Gasteiger partial charge in [0.05, 0.1) is 19.2 Å². The fourth-order valence-corrected chi connectivity index (χ4v) is 1.56. The molecule has 3 N–H and O–H groups in total. The Balaban J connectivity index is 2.54. The number of rotatable bonds is 3. The largest absolute Gasteiger partial charge is 0.504 e. The zero-order valence-electron chi connectivity index (χ0n) is 8.98. The van der Waals surface area contributed by atoms with E-state index in [4.69, 9.17) is 26.6 Å². The van der Waals surface area contributed by atoms with Gasteiger partial charge in [0, 0.05) is 11.1 Å². The lowest BCUT2D eigenvalue weighted by Gasteiger charge is -2.06. The van der Waals surface area contributed by atoms with Crippen molar-refractivity contribution >= 4 is 11.6 Å². The summed E-state index contributed by atoms with van der Waals surface area (Å²) in [5.41, 5.74) is 5.69. The van der Waals surface area contributed by atoms with E-state index in [1.165, 1.54) is 19.2 Å². The molecule has 0 bridgehead atoms. The molecular formula is C10H10ClN3O3. The highest BCUT2D eigenvalue weighted by Crippen LogP contribution is 2.38. The maximum atomic E-state index is 9.91.